The minimum absolute atomic E-state index is 0.284. The molecule has 0 aromatic heterocycles. The van der Waals surface area contributed by atoms with Crippen LogP contribution in [-0.2, 0) is 32.2 Å². The highest BCUT2D eigenvalue weighted by molar-refractivity contribution is 8.14. The quantitative estimate of drug-likeness (QED) is 0.464. The lowest BCUT2D eigenvalue weighted by Gasteiger charge is -2.41. The standard InChI is InChI=1S/C27H32N2O7S/c1-29(2)27-28-23-25(35-16-18-7-11-20(33-4)12-8-18)24(21(13-14-22(30)31)36-26(23)37-27)34-15-17-5-9-19(32-3)10-6-17/h5-14,21,23-26H,15-16H2,1-4H3,(H,30,31)/b14-13+/t21-,23-,24-,25-,26-/m1/s1. The van der Waals surface area contributed by atoms with Gasteiger partial charge in [-0.2, -0.15) is 0 Å². The van der Waals surface area contributed by atoms with Crippen molar-refractivity contribution in [1.82, 2.24) is 4.90 Å². The average Bonchev–Trinajstić information content (AvgIpc) is 3.34. The van der Waals surface area contributed by atoms with Crippen LogP contribution in [0.2, 0.25) is 0 Å². The second kappa shape index (κ2) is 12.5. The van der Waals surface area contributed by atoms with Gasteiger partial charge in [0, 0.05) is 20.2 Å². The molecule has 0 unspecified atom stereocenters. The van der Waals surface area contributed by atoms with Crippen LogP contribution in [0.5, 0.6) is 11.5 Å². The number of methoxy groups -OCH3 is 2. The Balaban J connectivity index is 1.60. The lowest BCUT2D eigenvalue weighted by molar-refractivity contribution is -0.184. The van der Waals surface area contributed by atoms with Crippen LogP contribution >= 0.6 is 11.8 Å². The van der Waals surface area contributed by atoms with E-state index in [1.807, 2.05) is 67.5 Å². The summed E-state index contributed by atoms with van der Waals surface area (Å²) in [6, 6.07) is 14.9. The molecule has 0 saturated carbocycles. The van der Waals surface area contributed by atoms with Gasteiger partial charge in [-0.05, 0) is 41.5 Å². The normalized spacial score (nSPS) is 25.0. The first-order valence-corrected chi connectivity index (χ1v) is 12.7. The molecule has 0 spiro atoms. The van der Waals surface area contributed by atoms with Crippen molar-refractivity contribution in [2.24, 2.45) is 4.99 Å². The molecule has 1 N–H and O–H groups in total. The summed E-state index contributed by atoms with van der Waals surface area (Å²) in [5.41, 5.74) is 1.58. The van der Waals surface area contributed by atoms with Crippen molar-refractivity contribution >= 4 is 22.9 Å². The predicted octanol–water partition coefficient (Wildman–Crippen LogP) is 3.57. The van der Waals surface area contributed by atoms with Crippen LogP contribution < -0.4 is 9.47 Å². The molecular weight excluding hydrogens is 496 g/mol. The van der Waals surface area contributed by atoms with Crippen molar-refractivity contribution in [2.75, 3.05) is 28.3 Å². The molecule has 198 valence electrons. The number of rotatable bonds is 10. The Labute approximate surface area is 221 Å². The van der Waals surface area contributed by atoms with E-state index in [1.54, 1.807) is 14.2 Å². The number of aliphatic carboxylic acids is 1. The van der Waals surface area contributed by atoms with Crippen molar-refractivity contribution in [3.8, 4) is 11.5 Å². The summed E-state index contributed by atoms with van der Waals surface area (Å²) in [5, 5.41) is 10.1. The molecule has 0 bridgehead atoms. The third kappa shape index (κ3) is 6.84. The molecule has 1 fully saturated rings. The number of aliphatic imine (C=N–C) groups is 1. The molecule has 1 saturated heterocycles. The number of ether oxygens (including phenoxy) is 5. The first-order valence-electron chi connectivity index (χ1n) is 11.9. The number of hydrogen-bond donors (Lipinski definition) is 1. The summed E-state index contributed by atoms with van der Waals surface area (Å²) in [4.78, 5) is 18.2. The van der Waals surface area contributed by atoms with Crippen LogP contribution in [0.25, 0.3) is 0 Å². The largest absolute Gasteiger partial charge is 0.497 e. The van der Waals surface area contributed by atoms with Gasteiger partial charge in [0.05, 0.1) is 27.4 Å². The predicted molar refractivity (Wildman–Crippen MR) is 141 cm³/mol. The maximum Gasteiger partial charge on any atom is 0.328 e. The van der Waals surface area contributed by atoms with Gasteiger partial charge in [0.25, 0.3) is 0 Å². The Morgan fingerprint density at radius 3 is 2.00 bits per heavy atom. The molecule has 37 heavy (non-hydrogen) atoms. The van der Waals surface area contributed by atoms with Crippen molar-refractivity contribution in [3.05, 3.63) is 71.8 Å². The summed E-state index contributed by atoms with van der Waals surface area (Å²) in [6.45, 7) is 0.611. The summed E-state index contributed by atoms with van der Waals surface area (Å²) in [6.07, 6.45) is 0.897. The molecule has 2 aliphatic heterocycles. The number of nitrogens with zero attached hydrogens (tertiary/aromatic N) is 2. The van der Waals surface area contributed by atoms with Crippen LogP contribution in [0.3, 0.4) is 0 Å². The van der Waals surface area contributed by atoms with E-state index < -0.39 is 24.3 Å². The van der Waals surface area contributed by atoms with Crippen LogP contribution in [-0.4, -0.2) is 79.2 Å². The second-order valence-electron chi connectivity index (χ2n) is 8.83. The van der Waals surface area contributed by atoms with E-state index in [0.717, 1.165) is 33.9 Å². The van der Waals surface area contributed by atoms with E-state index in [0.29, 0.717) is 6.61 Å². The van der Waals surface area contributed by atoms with Gasteiger partial charge in [-0.3, -0.25) is 4.99 Å². The minimum atomic E-state index is -1.06. The van der Waals surface area contributed by atoms with Crippen molar-refractivity contribution in [2.45, 2.75) is 43.0 Å². The van der Waals surface area contributed by atoms with E-state index in [2.05, 4.69) is 0 Å². The summed E-state index contributed by atoms with van der Waals surface area (Å²) in [7, 11) is 7.10. The molecule has 4 rings (SSSR count). The van der Waals surface area contributed by atoms with Gasteiger partial charge < -0.3 is 33.7 Å². The molecule has 5 atom stereocenters. The minimum Gasteiger partial charge on any atom is -0.497 e. The number of carbonyl (C=O) groups is 1. The topological polar surface area (TPSA) is 99.1 Å². The zero-order chi connectivity index (χ0) is 26.4. The molecule has 0 radical (unpaired) electrons. The van der Waals surface area contributed by atoms with Gasteiger partial charge >= 0.3 is 5.97 Å². The molecular formula is C27H32N2O7S. The molecule has 2 aromatic carbocycles. The fourth-order valence-electron chi connectivity index (χ4n) is 4.11. The molecule has 10 heteroatoms. The second-order valence-corrected chi connectivity index (χ2v) is 9.89. The lowest BCUT2D eigenvalue weighted by atomic mass is 9.97. The number of fused-ring (bicyclic) bond motifs is 1. The number of amidine groups is 1. The number of hydrogen-bond acceptors (Lipinski definition) is 9. The SMILES string of the molecule is COc1ccc(CO[C@@H]2[C@H]3N=C(N(C)C)S[C@H]3O[C@H](/C=C/C(=O)O)[C@H]2OCc2ccc(OC)cc2)cc1. The maximum atomic E-state index is 11.3. The monoisotopic (exact) mass is 528 g/mol. The summed E-state index contributed by atoms with van der Waals surface area (Å²) in [5.74, 6) is 0.464. The Morgan fingerprint density at radius 2 is 1.51 bits per heavy atom. The van der Waals surface area contributed by atoms with Crippen molar-refractivity contribution in [3.63, 3.8) is 0 Å². The van der Waals surface area contributed by atoms with E-state index in [1.165, 1.54) is 17.8 Å². The Bertz CT molecular complexity index is 1100. The maximum absolute atomic E-state index is 11.3. The van der Waals surface area contributed by atoms with E-state index >= 15 is 0 Å². The smallest absolute Gasteiger partial charge is 0.328 e. The molecule has 0 amide bonds. The fraction of sp³-hybridized carbons (Fsp3) is 0.407. The Hall–Kier alpha value is -3.05. The number of carboxylic acid groups (broad SMARTS) is 1. The van der Waals surface area contributed by atoms with E-state index in [9.17, 15) is 9.90 Å². The van der Waals surface area contributed by atoms with E-state index in [4.69, 9.17) is 28.7 Å². The molecule has 2 heterocycles. The fourth-order valence-corrected chi connectivity index (χ4v) is 5.25. The number of carboxylic acids is 1. The Morgan fingerprint density at radius 1 is 0.973 bits per heavy atom. The molecule has 9 nitrogen and oxygen atoms in total. The van der Waals surface area contributed by atoms with Gasteiger partial charge in [0.1, 0.15) is 41.3 Å². The van der Waals surface area contributed by atoms with Gasteiger partial charge in [0.2, 0.25) is 0 Å². The molecule has 0 aliphatic carbocycles. The highest BCUT2D eigenvalue weighted by atomic mass is 32.2. The van der Waals surface area contributed by atoms with Crippen LogP contribution in [0, 0.1) is 0 Å². The third-order valence-corrected chi connectivity index (χ3v) is 7.35. The zero-order valence-corrected chi connectivity index (χ0v) is 22.1. The van der Waals surface area contributed by atoms with Gasteiger partial charge in [-0.15, -0.1) is 0 Å². The van der Waals surface area contributed by atoms with Crippen molar-refractivity contribution in [1.29, 1.82) is 0 Å². The summed E-state index contributed by atoms with van der Waals surface area (Å²) >= 11 is 1.50. The molecule has 2 aromatic rings. The first-order chi connectivity index (χ1) is 17.9. The summed E-state index contributed by atoms with van der Waals surface area (Å²) < 4.78 is 29.7. The lowest BCUT2D eigenvalue weighted by Crippen LogP contribution is -2.56. The van der Waals surface area contributed by atoms with Crippen LogP contribution in [0.1, 0.15) is 11.1 Å². The van der Waals surface area contributed by atoms with Gasteiger partial charge in [-0.25, -0.2) is 4.79 Å². The van der Waals surface area contributed by atoms with E-state index in [-0.39, 0.29) is 18.1 Å². The Kier molecular flexibility index (Phi) is 9.09. The van der Waals surface area contributed by atoms with Crippen LogP contribution in [0.4, 0.5) is 0 Å². The molecule has 2 aliphatic rings. The number of benzene rings is 2. The zero-order valence-electron chi connectivity index (χ0n) is 21.3. The van der Waals surface area contributed by atoms with Gasteiger partial charge in [-0.1, -0.05) is 36.0 Å². The highest BCUT2D eigenvalue weighted by Gasteiger charge is 2.50. The van der Waals surface area contributed by atoms with Crippen molar-refractivity contribution < 1.29 is 33.6 Å². The highest BCUT2D eigenvalue weighted by Crippen LogP contribution is 2.40. The number of thioether (sulfide) groups is 1. The van der Waals surface area contributed by atoms with Gasteiger partial charge in [0.15, 0.2) is 5.17 Å². The van der Waals surface area contributed by atoms with Crippen LogP contribution in [0.15, 0.2) is 65.7 Å². The first kappa shape index (κ1) is 27.0. The average molecular weight is 529 g/mol. The third-order valence-electron chi connectivity index (χ3n) is 6.05.